The van der Waals surface area contributed by atoms with E-state index in [-0.39, 0.29) is 0 Å². The van der Waals surface area contributed by atoms with E-state index < -0.39 is 0 Å². The largest absolute Gasteiger partial charge is 0.335 e. The van der Waals surface area contributed by atoms with E-state index in [0.29, 0.717) is 4.08 Å². The van der Waals surface area contributed by atoms with E-state index >= 15 is 0 Å². The normalized spacial score (nSPS) is 25.9. The first-order valence-electron chi connectivity index (χ1n) is 7.53. The number of hydrogen-bond acceptors (Lipinski definition) is 3. The van der Waals surface area contributed by atoms with Gasteiger partial charge in [-0.3, -0.25) is 0 Å². The zero-order chi connectivity index (χ0) is 14.5. The Hall–Kier alpha value is -0.870. The summed E-state index contributed by atoms with van der Waals surface area (Å²) < 4.78 is 2.53. The molecule has 0 saturated carbocycles. The molecule has 112 valence electrons. The van der Waals surface area contributed by atoms with Crippen molar-refractivity contribution in [2.24, 2.45) is 5.92 Å². The molecule has 0 atom stereocenters. The molecular formula is C17H22N2S2. The molecule has 1 aromatic carbocycles. The fraction of sp³-hybridized carbons (Fsp3) is 0.471. The Balaban J connectivity index is 1.69. The fourth-order valence-electron chi connectivity index (χ4n) is 2.63. The van der Waals surface area contributed by atoms with Crippen molar-refractivity contribution in [1.29, 1.82) is 0 Å². The van der Waals surface area contributed by atoms with Crippen LogP contribution in [0.3, 0.4) is 0 Å². The maximum atomic E-state index is 4.20. The van der Waals surface area contributed by atoms with Crippen molar-refractivity contribution in [2.75, 3.05) is 11.5 Å². The lowest BCUT2D eigenvalue weighted by Crippen LogP contribution is -2.33. The van der Waals surface area contributed by atoms with Gasteiger partial charge in [0.2, 0.25) is 0 Å². The first-order valence-corrected chi connectivity index (χ1v) is 9.50. The van der Waals surface area contributed by atoms with Gasteiger partial charge in [0.25, 0.3) is 0 Å². The third-order valence-corrected chi connectivity index (χ3v) is 7.78. The van der Waals surface area contributed by atoms with Gasteiger partial charge in [-0.05, 0) is 35.8 Å². The second-order valence-corrected chi connectivity index (χ2v) is 8.92. The minimum atomic E-state index is 0.295. The molecule has 2 nitrogen and oxygen atoms in total. The Morgan fingerprint density at radius 3 is 2.67 bits per heavy atom. The Morgan fingerprint density at radius 2 is 2.00 bits per heavy atom. The van der Waals surface area contributed by atoms with Crippen molar-refractivity contribution in [1.82, 2.24) is 9.55 Å². The van der Waals surface area contributed by atoms with Crippen LogP contribution in [-0.4, -0.2) is 25.1 Å². The van der Waals surface area contributed by atoms with E-state index in [1.165, 1.54) is 23.5 Å². The number of benzene rings is 1. The van der Waals surface area contributed by atoms with Gasteiger partial charge in [-0.2, -0.15) is 0 Å². The summed E-state index contributed by atoms with van der Waals surface area (Å²) in [5, 5.41) is 0. The van der Waals surface area contributed by atoms with Gasteiger partial charge >= 0.3 is 0 Å². The molecule has 0 amide bonds. The topological polar surface area (TPSA) is 17.8 Å². The minimum Gasteiger partial charge on any atom is -0.335 e. The highest BCUT2D eigenvalue weighted by molar-refractivity contribution is 8.18. The van der Waals surface area contributed by atoms with Gasteiger partial charge in [0, 0.05) is 18.9 Å². The van der Waals surface area contributed by atoms with Crippen LogP contribution in [0.5, 0.6) is 0 Å². The van der Waals surface area contributed by atoms with Gasteiger partial charge in [-0.25, -0.2) is 4.98 Å². The number of thioether (sulfide) groups is 2. The standard InChI is InChI=1S/C17H22N2S2/c1-15-11-20-17(21-12-15,13-19-10-9-18-14-19)8-7-16-5-3-2-4-6-16/h2-6,9-10,14-15H,7-8,11-13H2,1H3. The zero-order valence-electron chi connectivity index (χ0n) is 12.4. The van der Waals surface area contributed by atoms with Crippen molar-refractivity contribution in [3.05, 3.63) is 54.6 Å². The Morgan fingerprint density at radius 1 is 1.24 bits per heavy atom. The molecule has 1 aromatic heterocycles. The lowest BCUT2D eigenvalue weighted by atomic mass is 10.1. The Labute approximate surface area is 135 Å². The number of hydrogen-bond donors (Lipinski definition) is 0. The quantitative estimate of drug-likeness (QED) is 0.817. The van der Waals surface area contributed by atoms with Crippen LogP contribution in [0.25, 0.3) is 0 Å². The van der Waals surface area contributed by atoms with Gasteiger partial charge in [-0.15, -0.1) is 23.5 Å². The van der Waals surface area contributed by atoms with Gasteiger partial charge in [0.1, 0.15) is 0 Å². The van der Waals surface area contributed by atoms with Gasteiger partial charge in [-0.1, -0.05) is 37.3 Å². The summed E-state index contributed by atoms with van der Waals surface area (Å²) in [6.07, 6.45) is 8.29. The van der Waals surface area contributed by atoms with Crippen LogP contribution >= 0.6 is 23.5 Å². The first-order chi connectivity index (χ1) is 10.3. The molecule has 0 radical (unpaired) electrons. The summed E-state index contributed by atoms with van der Waals surface area (Å²) >= 11 is 4.30. The molecule has 0 spiro atoms. The predicted octanol–water partition coefficient (Wildman–Crippen LogP) is 4.33. The SMILES string of the molecule is CC1CSC(CCc2ccccc2)(Cn2ccnc2)SC1. The van der Waals surface area contributed by atoms with E-state index in [0.717, 1.165) is 18.9 Å². The number of rotatable bonds is 5. The van der Waals surface area contributed by atoms with Crippen molar-refractivity contribution < 1.29 is 0 Å². The van der Waals surface area contributed by atoms with E-state index in [4.69, 9.17) is 0 Å². The minimum absolute atomic E-state index is 0.295. The molecule has 0 aliphatic carbocycles. The average molecular weight is 319 g/mol. The predicted molar refractivity (Wildman–Crippen MR) is 93.8 cm³/mol. The Kier molecular flexibility index (Phi) is 4.96. The highest BCUT2D eigenvalue weighted by atomic mass is 32.2. The molecule has 1 aliphatic heterocycles. The maximum Gasteiger partial charge on any atom is 0.0946 e. The van der Waals surface area contributed by atoms with E-state index in [9.17, 15) is 0 Å². The van der Waals surface area contributed by atoms with Crippen molar-refractivity contribution >= 4 is 23.5 Å². The maximum absolute atomic E-state index is 4.20. The third-order valence-electron chi connectivity index (χ3n) is 3.88. The summed E-state index contributed by atoms with van der Waals surface area (Å²) in [7, 11) is 0. The zero-order valence-corrected chi connectivity index (χ0v) is 14.1. The fourth-order valence-corrected chi connectivity index (χ4v) is 5.91. The van der Waals surface area contributed by atoms with Gasteiger partial charge in [0.05, 0.1) is 10.4 Å². The van der Waals surface area contributed by atoms with Gasteiger partial charge in [0.15, 0.2) is 0 Å². The van der Waals surface area contributed by atoms with E-state index in [1.807, 2.05) is 12.5 Å². The number of aromatic nitrogens is 2. The van der Waals surface area contributed by atoms with Crippen LogP contribution in [0.2, 0.25) is 0 Å². The molecule has 0 N–H and O–H groups in total. The number of imidazole rings is 1. The molecular weight excluding hydrogens is 296 g/mol. The molecule has 4 heteroatoms. The van der Waals surface area contributed by atoms with Crippen LogP contribution in [0, 0.1) is 5.92 Å². The van der Waals surface area contributed by atoms with E-state index in [2.05, 4.69) is 76.5 Å². The summed E-state index contributed by atoms with van der Waals surface area (Å²) in [6.45, 7) is 3.42. The van der Waals surface area contributed by atoms with Crippen molar-refractivity contribution in [3.8, 4) is 0 Å². The number of nitrogens with zero attached hydrogens (tertiary/aromatic N) is 2. The molecule has 0 unspecified atom stereocenters. The summed E-state index contributed by atoms with van der Waals surface area (Å²) in [6, 6.07) is 10.9. The monoisotopic (exact) mass is 318 g/mol. The van der Waals surface area contributed by atoms with Crippen LogP contribution in [0.1, 0.15) is 18.9 Å². The molecule has 1 saturated heterocycles. The van der Waals surface area contributed by atoms with Crippen LogP contribution in [0.15, 0.2) is 49.1 Å². The van der Waals surface area contributed by atoms with Gasteiger partial charge < -0.3 is 4.57 Å². The first kappa shape index (κ1) is 15.0. The molecule has 1 fully saturated rings. The smallest absolute Gasteiger partial charge is 0.0946 e. The molecule has 0 bridgehead atoms. The summed E-state index contributed by atoms with van der Waals surface area (Å²) in [5.74, 6) is 3.38. The molecule has 2 heterocycles. The molecule has 3 rings (SSSR count). The summed E-state index contributed by atoms with van der Waals surface area (Å²) in [5.41, 5.74) is 1.45. The van der Waals surface area contributed by atoms with Crippen LogP contribution < -0.4 is 0 Å². The second-order valence-electron chi connectivity index (χ2n) is 5.86. The Bertz CT molecular complexity index is 531. The second kappa shape index (κ2) is 6.93. The highest BCUT2D eigenvalue weighted by Crippen LogP contribution is 2.48. The summed E-state index contributed by atoms with van der Waals surface area (Å²) in [4.78, 5) is 4.20. The van der Waals surface area contributed by atoms with Crippen LogP contribution in [-0.2, 0) is 13.0 Å². The molecule has 2 aromatic rings. The third kappa shape index (κ3) is 4.07. The van der Waals surface area contributed by atoms with Crippen molar-refractivity contribution in [2.45, 2.75) is 30.4 Å². The lowest BCUT2D eigenvalue weighted by molar-refractivity contribution is 0.577. The van der Waals surface area contributed by atoms with E-state index in [1.54, 1.807) is 0 Å². The van der Waals surface area contributed by atoms with Crippen molar-refractivity contribution in [3.63, 3.8) is 0 Å². The number of aryl methyl sites for hydroxylation is 1. The van der Waals surface area contributed by atoms with Crippen LogP contribution in [0.4, 0.5) is 0 Å². The highest BCUT2D eigenvalue weighted by Gasteiger charge is 2.35. The molecule has 1 aliphatic rings. The lowest BCUT2D eigenvalue weighted by Gasteiger charge is -2.38. The molecule has 21 heavy (non-hydrogen) atoms. The average Bonchev–Trinajstić information content (AvgIpc) is 3.02.